The Hall–Kier alpha value is -1.99. The van der Waals surface area contributed by atoms with Gasteiger partial charge in [-0.15, -0.1) is 0 Å². The van der Waals surface area contributed by atoms with Crippen molar-refractivity contribution >= 4 is 23.5 Å². The molecule has 1 aromatic carbocycles. The summed E-state index contributed by atoms with van der Waals surface area (Å²) >= 11 is 6.12. The van der Waals surface area contributed by atoms with Crippen molar-refractivity contribution < 1.29 is 29.4 Å². The van der Waals surface area contributed by atoms with Crippen LogP contribution in [0.3, 0.4) is 0 Å². The van der Waals surface area contributed by atoms with Crippen molar-refractivity contribution in [3.05, 3.63) is 22.7 Å². The molecule has 0 saturated carbocycles. The normalized spacial score (nSPS) is 16.8. The predicted molar refractivity (Wildman–Crippen MR) is 80.8 cm³/mol. The molecule has 1 aliphatic rings. The van der Waals surface area contributed by atoms with Gasteiger partial charge in [0.05, 0.1) is 6.54 Å². The third-order valence-corrected chi connectivity index (χ3v) is 3.89. The van der Waals surface area contributed by atoms with Gasteiger partial charge in [0.1, 0.15) is 18.1 Å². The number of aliphatic carboxylic acids is 1. The lowest BCUT2D eigenvalue weighted by Gasteiger charge is -2.27. The third-order valence-electron chi connectivity index (χ3n) is 3.54. The quantitative estimate of drug-likeness (QED) is 0.495. The Morgan fingerprint density at radius 2 is 2.04 bits per heavy atom. The van der Waals surface area contributed by atoms with E-state index in [-0.39, 0.29) is 17.7 Å². The molecular weight excluding hydrogens is 326 g/mol. The van der Waals surface area contributed by atoms with Gasteiger partial charge in [-0.3, -0.25) is 14.8 Å². The molecule has 1 heterocycles. The fraction of sp³-hybridized carbons (Fsp3) is 0.467. The first-order valence-corrected chi connectivity index (χ1v) is 7.37. The number of rotatable bonds is 4. The molecule has 1 aromatic rings. The Bertz CT molecular complexity index is 645. The highest BCUT2D eigenvalue weighted by atomic mass is 35.5. The van der Waals surface area contributed by atoms with E-state index in [4.69, 9.17) is 26.2 Å². The first kappa shape index (κ1) is 17.4. The number of carboxylic acid groups (broad SMARTS) is 1. The molecule has 126 valence electrons. The summed E-state index contributed by atoms with van der Waals surface area (Å²) in [5.41, 5.74) is -1.33. The van der Waals surface area contributed by atoms with E-state index >= 15 is 0 Å². The fourth-order valence-corrected chi connectivity index (χ4v) is 2.22. The van der Waals surface area contributed by atoms with Crippen LogP contribution in [-0.4, -0.2) is 40.0 Å². The van der Waals surface area contributed by atoms with Crippen LogP contribution in [-0.2, 0) is 16.1 Å². The summed E-state index contributed by atoms with van der Waals surface area (Å²) < 4.78 is 11.1. The monoisotopic (exact) mass is 343 g/mol. The molecule has 2 rings (SSSR count). The number of benzene rings is 1. The fourth-order valence-electron chi connectivity index (χ4n) is 2.01. The van der Waals surface area contributed by atoms with E-state index in [0.29, 0.717) is 28.7 Å². The minimum Gasteiger partial charge on any atom is -0.486 e. The van der Waals surface area contributed by atoms with Crippen LogP contribution in [0.2, 0.25) is 5.02 Å². The summed E-state index contributed by atoms with van der Waals surface area (Å²) in [4.78, 5) is 23.2. The summed E-state index contributed by atoms with van der Waals surface area (Å²) in [6.45, 7) is 4.41. The van der Waals surface area contributed by atoms with E-state index in [0.717, 1.165) is 0 Å². The number of nitrogens with zero attached hydrogens (tertiary/aromatic N) is 1. The first-order chi connectivity index (χ1) is 10.6. The highest BCUT2D eigenvalue weighted by Crippen LogP contribution is 2.37. The number of hydrogen-bond acceptors (Lipinski definition) is 5. The van der Waals surface area contributed by atoms with Gasteiger partial charge < -0.3 is 14.6 Å². The number of carbonyl (C=O) groups excluding carboxylic acids is 1. The standard InChI is InChI=1S/C15H18ClNO6/c1-8-7-22-11-5-10(16)9(4-12(11)23-8)6-17(21)13(18)15(2,3)14(19)20/h4-5,8,21H,6-7H2,1-3H3,(H,19,20). The van der Waals surface area contributed by atoms with Crippen LogP contribution >= 0.6 is 11.6 Å². The van der Waals surface area contributed by atoms with Crippen molar-refractivity contribution in [2.24, 2.45) is 5.41 Å². The summed E-state index contributed by atoms with van der Waals surface area (Å²) in [6, 6.07) is 3.11. The van der Waals surface area contributed by atoms with Gasteiger partial charge >= 0.3 is 5.97 Å². The zero-order valence-corrected chi connectivity index (χ0v) is 13.8. The second kappa shape index (κ2) is 6.25. The van der Waals surface area contributed by atoms with E-state index in [1.807, 2.05) is 6.92 Å². The molecular formula is C15H18ClNO6. The average molecular weight is 344 g/mol. The van der Waals surface area contributed by atoms with Crippen LogP contribution in [0.4, 0.5) is 0 Å². The van der Waals surface area contributed by atoms with Crippen LogP contribution < -0.4 is 9.47 Å². The van der Waals surface area contributed by atoms with E-state index in [2.05, 4.69) is 0 Å². The van der Waals surface area contributed by atoms with Crippen molar-refractivity contribution in [2.75, 3.05) is 6.61 Å². The summed E-state index contributed by atoms with van der Waals surface area (Å²) in [5, 5.41) is 19.6. The minimum atomic E-state index is -1.75. The summed E-state index contributed by atoms with van der Waals surface area (Å²) in [5.74, 6) is -1.33. The molecule has 0 aromatic heterocycles. The largest absolute Gasteiger partial charge is 0.486 e. The zero-order chi connectivity index (χ0) is 17.4. The van der Waals surface area contributed by atoms with Crippen molar-refractivity contribution in [2.45, 2.75) is 33.4 Å². The van der Waals surface area contributed by atoms with Gasteiger partial charge in [-0.2, -0.15) is 0 Å². The minimum absolute atomic E-state index is 0.130. The molecule has 7 nitrogen and oxygen atoms in total. The number of carboxylic acids is 1. The number of amides is 1. The Morgan fingerprint density at radius 1 is 1.39 bits per heavy atom. The molecule has 0 bridgehead atoms. The van der Waals surface area contributed by atoms with Crippen LogP contribution in [0.15, 0.2) is 12.1 Å². The topological polar surface area (TPSA) is 96.3 Å². The van der Waals surface area contributed by atoms with Crippen molar-refractivity contribution in [3.8, 4) is 11.5 Å². The van der Waals surface area contributed by atoms with Crippen molar-refractivity contribution in [3.63, 3.8) is 0 Å². The Morgan fingerprint density at radius 3 is 2.65 bits per heavy atom. The number of hydrogen-bond donors (Lipinski definition) is 2. The molecule has 0 aliphatic carbocycles. The smallest absolute Gasteiger partial charge is 0.318 e. The average Bonchev–Trinajstić information content (AvgIpc) is 2.47. The molecule has 1 unspecified atom stereocenters. The van der Waals surface area contributed by atoms with E-state index < -0.39 is 17.3 Å². The van der Waals surface area contributed by atoms with Gasteiger partial charge in [0, 0.05) is 11.1 Å². The van der Waals surface area contributed by atoms with Crippen molar-refractivity contribution in [1.29, 1.82) is 0 Å². The highest BCUT2D eigenvalue weighted by molar-refractivity contribution is 6.31. The third kappa shape index (κ3) is 3.51. The summed E-state index contributed by atoms with van der Waals surface area (Å²) in [6.07, 6.45) is -0.130. The molecule has 1 atom stereocenters. The molecule has 8 heteroatoms. The number of halogens is 1. The molecule has 0 radical (unpaired) electrons. The van der Waals surface area contributed by atoms with Gasteiger partial charge in [0.2, 0.25) is 0 Å². The van der Waals surface area contributed by atoms with Gasteiger partial charge in [0.25, 0.3) is 5.91 Å². The molecule has 23 heavy (non-hydrogen) atoms. The van der Waals surface area contributed by atoms with Crippen LogP contribution in [0, 0.1) is 5.41 Å². The molecule has 1 amide bonds. The Kier molecular flexibility index (Phi) is 4.72. The number of carbonyl (C=O) groups is 2. The van der Waals surface area contributed by atoms with Gasteiger partial charge in [0.15, 0.2) is 11.5 Å². The number of fused-ring (bicyclic) bond motifs is 1. The molecule has 0 fully saturated rings. The number of ether oxygens (including phenoxy) is 2. The van der Waals surface area contributed by atoms with Crippen molar-refractivity contribution in [1.82, 2.24) is 5.06 Å². The summed E-state index contributed by atoms with van der Waals surface area (Å²) in [7, 11) is 0. The van der Waals surface area contributed by atoms with E-state index in [1.165, 1.54) is 13.8 Å². The molecule has 0 saturated heterocycles. The molecule has 2 N–H and O–H groups in total. The van der Waals surface area contributed by atoms with Crippen LogP contribution in [0.1, 0.15) is 26.3 Å². The van der Waals surface area contributed by atoms with Crippen LogP contribution in [0.5, 0.6) is 11.5 Å². The van der Waals surface area contributed by atoms with Gasteiger partial charge in [-0.25, -0.2) is 5.06 Å². The Labute approximate surface area is 138 Å². The van der Waals surface area contributed by atoms with Crippen LogP contribution in [0.25, 0.3) is 0 Å². The maximum Gasteiger partial charge on any atom is 0.318 e. The van der Waals surface area contributed by atoms with Gasteiger partial charge in [-0.1, -0.05) is 11.6 Å². The maximum absolute atomic E-state index is 12.1. The predicted octanol–water partition coefficient (Wildman–Crippen LogP) is 2.33. The lowest BCUT2D eigenvalue weighted by molar-refractivity contribution is -0.183. The maximum atomic E-state index is 12.1. The van der Waals surface area contributed by atoms with E-state index in [9.17, 15) is 14.8 Å². The zero-order valence-electron chi connectivity index (χ0n) is 13.0. The molecule has 1 aliphatic heterocycles. The van der Waals surface area contributed by atoms with Gasteiger partial charge in [-0.05, 0) is 32.4 Å². The SMILES string of the molecule is CC1COc2cc(Cl)c(CN(O)C(=O)C(C)(C)C(=O)O)cc2O1. The number of hydroxylamine groups is 2. The lowest BCUT2D eigenvalue weighted by Crippen LogP contribution is -2.43. The van der Waals surface area contributed by atoms with E-state index in [1.54, 1.807) is 12.1 Å². The second-order valence-corrected chi connectivity index (χ2v) is 6.33. The first-order valence-electron chi connectivity index (χ1n) is 6.99. The highest BCUT2D eigenvalue weighted by Gasteiger charge is 2.39. The lowest BCUT2D eigenvalue weighted by atomic mass is 9.92. The Balaban J connectivity index is 2.21. The molecule has 0 spiro atoms. The second-order valence-electron chi connectivity index (χ2n) is 5.92.